The molecule has 0 spiro atoms. The summed E-state index contributed by atoms with van der Waals surface area (Å²) in [5.74, 6) is 0.650. The molecule has 1 N–H and O–H groups in total. The molecule has 11 heteroatoms. The minimum absolute atomic E-state index is 0.157. The van der Waals surface area contributed by atoms with Crippen LogP contribution >= 0.6 is 0 Å². The Kier molecular flexibility index (Phi) is 5.04. The Balaban J connectivity index is 1.85. The van der Waals surface area contributed by atoms with Crippen LogP contribution in [-0.2, 0) is 16.2 Å². The molecule has 2 aromatic rings. The van der Waals surface area contributed by atoms with E-state index in [1.54, 1.807) is 12.4 Å². The van der Waals surface area contributed by atoms with Gasteiger partial charge in [-0.3, -0.25) is 9.88 Å². The quantitative estimate of drug-likeness (QED) is 0.864. The number of nitrogens with one attached hydrogen (secondary N) is 1. The Morgan fingerprint density at radius 2 is 2.04 bits per heavy atom. The SMILES string of the molecule is CCN1CCN(S(=O)(=O)c2ccc(C(F)(F)F)nc2)C[C@@H]1c1ncc[nH]1. The number of imidazole rings is 1. The van der Waals surface area contributed by atoms with E-state index >= 15 is 0 Å². The van der Waals surface area contributed by atoms with E-state index in [2.05, 4.69) is 19.9 Å². The standard InChI is InChI=1S/C15H18F3N5O2S/c1-2-22-7-8-23(10-12(22)14-19-5-6-20-14)26(24,25)11-3-4-13(21-9-11)15(16,17)18/h3-6,9,12H,2,7-8,10H2,1H3,(H,19,20)/t12-/m1/s1. The molecule has 0 aliphatic carbocycles. The van der Waals surface area contributed by atoms with Crippen molar-refractivity contribution in [1.29, 1.82) is 0 Å². The van der Waals surface area contributed by atoms with Crippen molar-refractivity contribution in [2.45, 2.75) is 24.0 Å². The van der Waals surface area contributed by atoms with Crippen LogP contribution in [0.15, 0.2) is 35.6 Å². The summed E-state index contributed by atoms with van der Waals surface area (Å²) >= 11 is 0. The van der Waals surface area contributed by atoms with Gasteiger partial charge in [0.2, 0.25) is 10.0 Å². The molecule has 0 saturated carbocycles. The number of piperazine rings is 1. The summed E-state index contributed by atoms with van der Waals surface area (Å²) in [6.07, 6.45) is -0.599. The number of aromatic amines is 1. The zero-order valence-corrected chi connectivity index (χ0v) is 14.8. The van der Waals surface area contributed by atoms with Gasteiger partial charge in [-0.25, -0.2) is 13.4 Å². The van der Waals surface area contributed by atoms with Crippen LogP contribution in [0.25, 0.3) is 0 Å². The van der Waals surface area contributed by atoms with Crippen LogP contribution in [0.2, 0.25) is 0 Å². The summed E-state index contributed by atoms with van der Waals surface area (Å²) in [7, 11) is -3.94. The van der Waals surface area contributed by atoms with E-state index in [-0.39, 0.29) is 24.0 Å². The number of halogens is 3. The average Bonchev–Trinajstić information content (AvgIpc) is 3.15. The van der Waals surface area contributed by atoms with Crippen LogP contribution in [0, 0.1) is 0 Å². The molecule has 0 radical (unpaired) electrons. The van der Waals surface area contributed by atoms with Gasteiger partial charge in [-0.2, -0.15) is 17.5 Å². The molecule has 1 fully saturated rings. The molecule has 3 heterocycles. The van der Waals surface area contributed by atoms with E-state index in [1.165, 1.54) is 4.31 Å². The van der Waals surface area contributed by atoms with E-state index in [1.807, 2.05) is 6.92 Å². The maximum Gasteiger partial charge on any atom is 0.433 e. The fourth-order valence-corrected chi connectivity index (χ4v) is 4.34. The molecule has 142 valence electrons. The van der Waals surface area contributed by atoms with Crippen molar-refractivity contribution in [3.05, 3.63) is 42.2 Å². The van der Waals surface area contributed by atoms with Gasteiger partial charge in [0, 0.05) is 38.2 Å². The number of likely N-dealkylation sites (N-methyl/N-ethyl adjacent to an activating group) is 1. The van der Waals surface area contributed by atoms with Crippen molar-refractivity contribution >= 4 is 10.0 Å². The van der Waals surface area contributed by atoms with Gasteiger partial charge < -0.3 is 4.98 Å². The third-order valence-electron chi connectivity index (χ3n) is 4.36. The number of pyridine rings is 1. The van der Waals surface area contributed by atoms with Crippen LogP contribution in [-0.4, -0.2) is 58.8 Å². The molecule has 0 amide bonds. The molecule has 7 nitrogen and oxygen atoms in total. The summed E-state index contributed by atoms with van der Waals surface area (Å²) in [4.78, 5) is 12.3. The number of H-pyrrole nitrogens is 1. The van der Waals surface area contributed by atoms with Crippen molar-refractivity contribution in [3.8, 4) is 0 Å². The zero-order valence-electron chi connectivity index (χ0n) is 13.9. The Labute approximate surface area is 148 Å². The van der Waals surface area contributed by atoms with Crippen LogP contribution in [0.1, 0.15) is 24.5 Å². The molecule has 26 heavy (non-hydrogen) atoms. The smallest absolute Gasteiger partial charge is 0.347 e. The van der Waals surface area contributed by atoms with Gasteiger partial charge in [-0.1, -0.05) is 6.92 Å². The second-order valence-corrected chi connectivity index (χ2v) is 7.80. The number of aromatic nitrogens is 3. The molecule has 1 aliphatic heterocycles. The molecule has 0 aromatic carbocycles. The number of sulfonamides is 1. The summed E-state index contributed by atoms with van der Waals surface area (Å²) < 4.78 is 64.8. The molecule has 2 aromatic heterocycles. The lowest BCUT2D eigenvalue weighted by molar-refractivity contribution is -0.141. The molecule has 1 aliphatic rings. The first-order valence-corrected chi connectivity index (χ1v) is 9.44. The highest BCUT2D eigenvalue weighted by Gasteiger charge is 2.37. The maximum absolute atomic E-state index is 12.8. The number of rotatable bonds is 4. The first-order valence-electron chi connectivity index (χ1n) is 8.00. The predicted molar refractivity (Wildman–Crippen MR) is 86.6 cm³/mol. The number of nitrogens with zero attached hydrogens (tertiary/aromatic N) is 4. The van der Waals surface area contributed by atoms with E-state index in [0.29, 0.717) is 18.4 Å². The zero-order chi connectivity index (χ0) is 18.9. The number of alkyl halides is 3. The van der Waals surface area contributed by atoms with Crippen molar-refractivity contribution in [1.82, 2.24) is 24.2 Å². The van der Waals surface area contributed by atoms with Crippen LogP contribution in [0.3, 0.4) is 0 Å². The Bertz CT molecular complexity index is 837. The van der Waals surface area contributed by atoms with Crippen LogP contribution in [0.4, 0.5) is 13.2 Å². The van der Waals surface area contributed by atoms with Gasteiger partial charge in [0.25, 0.3) is 0 Å². The molecular weight excluding hydrogens is 371 g/mol. The lowest BCUT2D eigenvalue weighted by Gasteiger charge is -2.39. The highest BCUT2D eigenvalue weighted by molar-refractivity contribution is 7.89. The Morgan fingerprint density at radius 3 is 2.58 bits per heavy atom. The normalized spacial score (nSPS) is 20.4. The fourth-order valence-electron chi connectivity index (χ4n) is 2.96. The lowest BCUT2D eigenvalue weighted by atomic mass is 10.2. The summed E-state index contributed by atoms with van der Waals surface area (Å²) in [6, 6.07) is 1.37. The van der Waals surface area contributed by atoms with E-state index < -0.39 is 21.9 Å². The van der Waals surface area contributed by atoms with Gasteiger partial charge in [0.05, 0.1) is 6.04 Å². The van der Waals surface area contributed by atoms with Crippen molar-refractivity contribution in [2.75, 3.05) is 26.2 Å². The van der Waals surface area contributed by atoms with E-state index in [0.717, 1.165) is 18.8 Å². The van der Waals surface area contributed by atoms with Crippen LogP contribution < -0.4 is 0 Å². The third kappa shape index (κ3) is 3.60. The van der Waals surface area contributed by atoms with Crippen molar-refractivity contribution in [2.24, 2.45) is 0 Å². The molecule has 1 atom stereocenters. The molecule has 0 unspecified atom stereocenters. The van der Waals surface area contributed by atoms with Gasteiger partial charge in [0.1, 0.15) is 16.4 Å². The van der Waals surface area contributed by atoms with Gasteiger partial charge in [0.15, 0.2) is 0 Å². The minimum Gasteiger partial charge on any atom is -0.347 e. The minimum atomic E-state index is -4.61. The van der Waals surface area contributed by atoms with Crippen LogP contribution in [0.5, 0.6) is 0 Å². The second-order valence-electron chi connectivity index (χ2n) is 5.86. The Morgan fingerprint density at radius 1 is 1.27 bits per heavy atom. The predicted octanol–water partition coefficient (Wildman–Crippen LogP) is 1.89. The van der Waals surface area contributed by atoms with E-state index in [9.17, 15) is 21.6 Å². The number of hydrogen-bond acceptors (Lipinski definition) is 5. The van der Waals surface area contributed by atoms with Gasteiger partial charge in [-0.05, 0) is 18.7 Å². The molecule has 1 saturated heterocycles. The molecular formula is C15H18F3N5O2S. The van der Waals surface area contributed by atoms with Gasteiger partial charge in [-0.15, -0.1) is 0 Å². The summed E-state index contributed by atoms with van der Waals surface area (Å²) in [5.41, 5.74) is -1.12. The highest BCUT2D eigenvalue weighted by atomic mass is 32.2. The maximum atomic E-state index is 12.8. The number of hydrogen-bond donors (Lipinski definition) is 1. The second kappa shape index (κ2) is 6.97. The average molecular weight is 389 g/mol. The topological polar surface area (TPSA) is 82.2 Å². The highest BCUT2D eigenvalue weighted by Crippen LogP contribution is 2.30. The lowest BCUT2D eigenvalue weighted by Crippen LogP contribution is -2.50. The van der Waals surface area contributed by atoms with Crippen molar-refractivity contribution in [3.63, 3.8) is 0 Å². The van der Waals surface area contributed by atoms with Crippen molar-refractivity contribution < 1.29 is 21.6 Å². The van der Waals surface area contributed by atoms with E-state index in [4.69, 9.17) is 0 Å². The summed E-state index contributed by atoms with van der Waals surface area (Å²) in [5, 5.41) is 0. The first kappa shape index (κ1) is 18.8. The third-order valence-corrected chi connectivity index (χ3v) is 6.21. The Hall–Kier alpha value is -1.98. The first-order chi connectivity index (χ1) is 12.2. The summed E-state index contributed by atoms with van der Waals surface area (Å²) in [6.45, 7) is 3.59. The molecule has 3 rings (SSSR count). The largest absolute Gasteiger partial charge is 0.433 e. The monoisotopic (exact) mass is 389 g/mol. The van der Waals surface area contributed by atoms with Gasteiger partial charge >= 0.3 is 6.18 Å². The fraction of sp³-hybridized carbons (Fsp3) is 0.467. The molecule has 0 bridgehead atoms.